The van der Waals surface area contributed by atoms with Gasteiger partial charge in [0, 0.05) is 6.42 Å². The van der Waals surface area contributed by atoms with Crippen molar-refractivity contribution in [2.24, 2.45) is 0 Å². The van der Waals surface area contributed by atoms with E-state index in [1.165, 1.54) is 5.56 Å². The molecule has 1 rings (SSSR count). The molecule has 0 amide bonds. The SMILES string of the molecule is Cc1ccc(OCCCCC#N)cc1. The summed E-state index contributed by atoms with van der Waals surface area (Å²) in [6.07, 6.45) is 2.49. The van der Waals surface area contributed by atoms with Crippen molar-refractivity contribution < 1.29 is 4.74 Å². The van der Waals surface area contributed by atoms with Crippen LogP contribution < -0.4 is 4.74 Å². The Hall–Kier alpha value is -1.49. The quantitative estimate of drug-likeness (QED) is 0.667. The van der Waals surface area contributed by atoms with Gasteiger partial charge < -0.3 is 4.74 Å². The van der Waals surface area contributed by atoms with Crippen molar-refractivity contribution in [2.75, 3.05) is 6.61 Å². The Morgan fingerprint density at radius 3 is 2.57 bits per heavy atom. The minimum atomic E-state index is 0.622. The molecule has 0 bridgehead atoms. The molecule has 0 heterocycles. The molecule has 0 N–H and O–H groups in total. The summed E-state index contributed by atoms with van der Waals surface area (Å²) in [5, 5.41) is 8.32. The lowest BCUT2D eigenvalue weighted by Gasteiger charge is -2.04. The molecule has 0 radical (unpaired) electrons. The average molecular weight is 189 g/mol. The summed E-state index contributed by atoms with van der Waals surface area (Å²) in [5.41, 5.74) is 1.24. The Balaban J connectivity index is 2.19. The van der Waals surface area contributed by atoms with E-state index >= 15 is 0 Å². The molecule has 1 aromatic carbocycles. The van der Waals surface area contributed by atoms with Crippen molar-refractivity contribution >= 4 is 0 Å². The van der Waals surface area contributed by atoms with Crippen molar-refractivity contribution in [1.82, 2.24) is 0 Å². The highest BCUT2D eigenvalue weighted by atomic mass is 16.5. The van der Waals surface area contributed by atoms with E-state index < -0.39 is 0 Å². The molecular formula is C12H15NO. The molecule has 74 valence electrons. The first-order valence-corrected chi connectivity index (χ1v) is 4.89. The van der Waals surface area contributed by atoms with E-state index in [2.05, 4.69) is 13.0 Å². The topological polar surface area (TPSA) is 33.0 Å². The molecule has 0 atom stereocenters. The lowest BCUT2D eigenvalue weighted by atomic mass is 10.2. The lowest BCUT2D eigenvalue weighted by molar-refractivity contribution is 0.307. The van der Waals surface area contributed by atoms with Crippen LogP contribution in [0.15, 0.2) is 24.3 Å². The molecule has 0 aromatic heterocycles. The number of hydrogen-bond donors (Lipinski definition) is 0. The van der Waals surface area contributed by atoms with Gasteiger partial charge in [0.1, 0.15) is 5.75 Å². The second-order valence-electron chi connectivity index (χ2n) is 3.28. The molecule has 14 heavy (non-hydrogen) atoms. The largest absolute Gasteiger partial charge is 0.494 e. The van der Waals surface area contributed by atoms with Crippen molar-refractivity contribution in [1.29, 1.82) is 5.26 Å². The molecule has 0 spiro atoms. The minimum absolute atomic E-state index is 0.622. The third-order valence-corrected chi connectivity index (χ3v) is 1.97. The zero-order valence-electron chi connectivity index (χ0n) is 8.49. The van der Waals surface area contributed by atoms with Gasteiger partial charge in [-0.2, -0.15) is 5.26 Å². The number of benzene rings is 1. The number of nitriles is 1. The average Bonchev–Trinajstić information content (AvgIpc) is 2.21. The second-order valence-corrected chi connectivity index (χ2v) is 3.28. The predicted molar refractivity (Wildman–Crippen MR) is 56.1 cm³/mol. The van der Waals surface area contributed by atoms with Crippen LogP contribution in [0.5, 0.6) is 5.75 Å². The van der Waals surface area contributed by atoms with Crippen LogP contribution in [0, 0.1) is 18.3 Å². The van der Waals surface area contributed by atoms with Gasteiger partial charge in [0.05, 0.1) is 12.7 Å². The van der Waals surface area contributed by atoms with Crippen LogP contribution in [0.4, 0.5) is 0 Å². The molecule has 0 saturated carbocycles. The monoisotopic (exact) mass is 189 g/mol. The van der Waals surface area contributed by atoms with Crippen LogP contribution in [-0.4, -0.2) is 6.61 Å². The summed E-state index contributed by atoms with van der Waals surface area (Å²) in [6, 6.07) is 10.1. The van der Waals surface area contributed by atoms with E-state index in [0.717, 1.165) is 18.6 Å². The van der Waals surface area contributed by atoms with Crippen LogP contribution in [0.1, 0.15) is 24.8 Å². The molecule has 0 unspecified atom stereocenters. The molecule has 0 aliphatic rings. The minimum Gasteiger partial charge on any atom is -0.494 e. The fourth-order valence-corrected chi connectivity index (χ4v) is 1.13. The Bertz CT molecular complexity index is 297. The van der Waals surface area contributed by atoms with Gasteiger partial charge in [0.2, 0.25) is 0 Å². The number of ether oxygens (including phenoxy) is 1. The number of rotatable bonds is 5. The molecule has 2 heteroatoms. The first kappa shape index (κ1) is 10.6. The van der Waals surface area contributed by atoms with Crippen molar-refractivity contribution in [3.05, 3.63) is 29.8 Å². The summed E-state index contributed by atoms with van der Waals surface area (Å²) in [7, 11) is 0. The van der Waals surface area contributed by atoms with E-state index in [4.69, 9.17) is 10.00 Å². The summed E-state index contributed by atoms with van der Waals surface area (Å²) in [6.45, 7) is 2.75. The van der Waals surface area contributed by atoms with E-state index in [1.807, 2.05) is 24.3 Å². The summed E-state index contributed by atoms with van der Waals surface area (Å²) in [4.78, 5) is 0. The normalized spacial score (nSPS) is 9.43. The van der Waals surface area contributed by atoms with Gasteiger partial charge in [-0.25, -0.2) is 0 Å². The third-order valence-electron chi connectivity index (χ3n) is 1.97. The predicted octanol–water partition coefficient (Wildman–Crippen LogP) is 3.07. The number of unbranched alkanes of at least 4 members (excludes halogenated alkanes) is 2. The first-order valence-electron chi connectivity index (χ1n) is 4.89. The van der Waals surface area contributed by atoms with E-state index in [0.29, 0.717) is 13.0 Å². The molecule has 0 saturated heterocycles. The molecule has 0 aliphatic carbocycles. The van der Waals surface area contributed by atoms with Crippen molar-refractivity contribution in [3.8, 4) is 11.8 Å². The number of nitrogens with zero attached hydrogens (tertiary/aromatic N) is 1. The maximum absolute atomic E-state index is 8.32. The fraction of sp³-hybridized carbons (Fsp3) is 0.417. The Labute approximate surface area is 85.1 Å². The molecule has 1 aromatic rings. The zero-order chi connectivity index (χ0) is 10.2. The van der Waals surface area contributed by atoms with Crippen LogP contribution >= 0.6 is 0 Å². The van der Waals surface area contributed by atoms with Gasteiger partial charge >= 0.3 is 0 Å². The molecular weight excluding hydrogens is 174 g/mol. The van der Waals surface area contributed by atoms with Gasteiger partial charge in [0.15, 0.2) is 0 Å². The summed E-state index contributed by atoms with van der Waals surface area (Å²) >= 11 is 0. The van der Waals surface area contributed by atoms with Gasteiger partial charge in [-0.1, -0.05) is 17.7 Å². The molecule has 2 nitrogen and oxygen atoms in total. The highest BCUT2D eigenvalue weighted by Crippen LogP contribution is 2.11. The second kappa shape index (κ2) is 6.04. The Morgan fingerprint density at radius 1 is 1.21 bits per heavy atom. The van der Waals surface area contributed by atoms with Crippen molar-refractivity contribution in [2.45, 2.75) is 26.2 Å². The number of hydrogen-bond acceptors (Lipinski definition) is 2. The van der Waals surface area contributed by atoms with E-state index in [-0.39, 0.29) is 0 Å². The summed E-state index contributed by atoms with van der Waals surface area (Å²) < 4.78 is 5.50. The Morgan fingerprint density at radius 2 is 1.93 bits per heavy atom. The first-order chi connectivity index (χ1) is 6.83. The van der Waals surface area contributed by atoms with Gasteiger partial charge in [-0.05, 0) is 31.9 Å². The smallest absolute Gasteiger partial charge is 0.119 e. The van der Waals surface area contributed by atoms with Gasteiger partial charge in [0.25, 0.3) is 0 Å². The standard InChI is InChI=1S/C12H15NO/c1-11-5-7-12(8-6-11)14-10-4-2-3-9-13/h5-8H,2-4,10H2,1H3. The Kier molecular flexibility index (Phi) is 4.57. The third kappa shape index (κ3) is 3.95. The molecule has 0 fully saturated rings. The molecule has 0 aliphatic heterocycles. The van der Waals surface area contributed by atoms with Gasteiger partial charge in [-0.3, -0.25) is 0 Å². The fourth-order valence-electron chi connectivity index (χ4n) is 1.13. The van der Waals surface area contributed by atoms with Crippen molar-refractivity contribution in [3.63, 3.8) is 0 Å². The zero-order valence-corrected chi connectivity index (χ0v) is 8.49. The van der Waals surface area contributed by atoms with E-state index in [1.54, 1.807) is 0 Å². The number of aryl methyl sites for hydroxylation is 1. The maximum Gasteiger partial charge on any atom is 0.119 e. The lowest BCUT2D eigenvalue weighted by Crippen LogP contribution is -1.96. The van der Waals surface area contributed by atoms with E-state index in [9.17, 15) is 0 Å². The van der Waals surface area contributed by atoms with Crippen LogP contribution in [0.25, 0.3) is 0 Å². The van der Waals surface area contributed by atoms with Gasteiger partial charge in [-0.15, -0.1) is 0 Å². The highest BCUT2D eigenvalue weighted by molar-refractivity contribution is 5.26. The van der Waals surface area contributed by atoms with Crippen LogP contribution in [0.3, 0.4) is 0 Å². The summed E-state index contributed by atoms with van der Waals surface area (Å²) in [5.74, 6) is 0.910. The van der Waals surface area contributed by atoms with Crippen LogP contribution in [-0.2, 0) is 0 Å². The highest BCUT2D eigenvalue weighted by Gasteiger charge is 1.92. The maximum atomic E-state index is 8.32. The van der Waals surface area contributed by atoms with Crippen LogP contribution in [0.2, 0.25) is 0 Å².